The van der Waals surface area contributed by atoms with E-state index in [0.29, 0.717) is 29.9 Å². The third-order valence-electron chi connectivity index (χ3n) is 7.75. The fraction of sp³-hybridized carbons (Fsp3) is 0.400. The molecule has 0 fully saturated rings. The molecule has 0 amide bonds. The Hall–Kier alpha value is -5.79. The molecule has 3 aromatic rings. The van der Waals surface area contributed by atoms with Crippen LogP contribution in [0, 0.1) is 0 Å². The van der Waals surface area contributed by atoms with Gasteiger partial charge in [-0.2, -0.15) is 8.78 Å². The van der Waals surface area contributed by atoms with Gasteiger partial charge in [0.2, 0.25) is 0 Å². The third kappa shape index (κ3) is 25.6. The molecule has 0 spiro atoms. The van der Waals surface area contributed by atoms with Crippen LogP contribution in [0.4, 0.5) is 17.6 Å². The standard InChI is InChI=1S/C15H17BF2O4.C13H15BO7S.C12H11BF2O7S/c1-15(17,18)10-22-13(19)3-2-8-21-14(20)12-6-4-11(9-16)5-7-12;14-9-10-2-1-3-11(8-10)13(16)21-5-4-12(15)20-6-7-22(17,18)19;13-5-8-3-1-2-4-9(8)11(17)21-6-10(16)22-7-12(14,15)23(18,19)20/h4-7H,2-3,8-10H2,1H3;1-3,8H,4-7,9H2,(H,17,18,19);1-4H,5-7H2,(H,18,19,20)/p-2. The van der Waals surface area contributed by atoms with Gasteiger partial charge in [-0.25, -0.2) is 44.8 Å². The van der Waals surface area contributed by atoms with E-state index in [1.165, 1.54) is 12.1 Å². The summed E-state index contributed by atoms with van der Waals surface area (Å²) in [4.78, 5) is 68.6. The highest BCUT2D eigenvalue weighted by Gasteiger charge is 2.39. The molecule has 0 bridgehead atoms. The van der Waals surface area contributed by atoms with Gasteiger partial charge in [-0.3, -0.25) is 9.59 Å². The molecule has 3 aromatic carbocycles. The van der Waals surface area contributed by atoms with Crippen LogP contribution in [0.2, 0.25) is 0 Å². The van der Waals surface area contributed by atoms with Crippen molar-refractivity contribution in [2.45, 2.75) is 56.3 Å². The number of hydrogen-bond acceptors (Lipinski definition) is 18. The normalized spacial score (nSPS) is 11.3. The van der Waals surface area contributed by atoms with Gasteiger partial charge >= 0.3 is 41.1 Å². The molecule has 0 aliphatic heterocycles. The van der Waals surface area contributed by atoms with Gasteiger partial charge in [0.15, 0.2) is 29.9 Å². The summed E-state index contributed by atoms with van der Waals surface area (Å²) in [6.07, 6.45) is 0.588. The van der Waals surface area contributed by atoms with Crippen molar-refractivity contribution in [1.82, 2.24) is 0 Å². The molecule has 6 radical (unpaired) electrons. The van der Waals surface area contributed by atoms with E-state index in [1.807, 2.05) is 0 Å². The van der Waals surface area contributed by atoms with E-state index < -0.39 is 99.4 Å². The van der Waals surface area contributed by atoms with Crippen LogP contribution in [0.5, 0.6) is 0 Å². The molecular formula is C40H41B3F4O18S2-2. The van der Waals surface area contributed by atoms with Crippen molar-refractivity contribution in [3.8, 4) is 0 Å². The summed E-state index contributed by atoms with van der Waals surface area (Å²) in [6, 6.07) is 19.3. The summed E-state index contributed by atoms with van der Waals surface area (Å²) < 4.78 is 139. The molecule has 0 unspecified atom stereocenters. The summed E-state index contributed by atoms with van der Waals surface area (Å²) in [5, 5.41) is -4.77. The Bertz CT molecular complexity index is 2330. The number of carbonyl (C=O) groups is 6. The van der Waals surface area contributed by atoms with Crippen molar-refractivity contribution in [2.24, 2.45) is 0 Å². The highest BCUT2D eigenvalue weighted by Crippen LogP contribution is 2.20. The van der Waals surface area contributed by atoms with Crippen molar-refractivity contribution in [3.63, 3.8) is 0 Å². The van der Waals surface area contributed by atoms with Gasteiger partial charge in [0, 0.05) is 13.3 Å². The first-order valence-electron chi connectivity index (χ1n) is 19.2. The van der Waals surface area contributed by atoms with Gasteiger partial charge in [0.05, 0.1) is 69.1 Å². The van der Waals surface area contributed by atoms with E-state index in [4.69, 9.17) is 33.0 Å². The Labute approximate surface area is 387 Å². The van der Waals surface area contributed by atoms with E-state index in [-0.39, 0.29) is 50.7 Å². The smallest absolute Gasteiger partial charge is 0.367 e. The van der Waals surface area contributed by atoms with Crippen molar-refractivity contribution in [3.05, 3.63) is 106 Å². The fourth-order valence-corrected chi connectivity index (χ4v) is 4.86. The number of carbonyl (C=O) groups excluding carboxylic acids is 6. The van der Waals surface area contributed by atoms with Crippen molar-refractivity contribution in [1.29, 1.82) is 0 Å². The van der Waals surface area contributed by atoms with E-state index in [2.05, 4.69) is 18.9 Å². The maximum Gasteiger partial charge on any atom is 0.367 e. The maximum absolute atomic E-state index is 12.8. The highest BCUT2D eigenvalue weighted by molar-refractivity contribution is 7.86. The molecular weight excluding hydrogens is 941 g/mol. The minimum absolute atomic E-state index is 0.00902. The molecule has 18 nitrogen and oxygen atoms in total. The first-order valence-corrected chi connectivity index (χ1v) is 22.2. The SMILES string of the molecule is [B]Cc1ccc(C(=O)OCCCC(=O)OCC(C)(F)F)cc1.[B]Cc1cccc(C(=O)OCCC(=O)OCCS(=O)(=O)[O-])c1.[B]Cc1ccccc1C(=O)OCC(=O)OCC(F)(F)S(=O)(=O)[O-]. The van der Waals surface area contributed by atoms with Crippen molar-refractivity contribution in [2.75, 3.05) is 45.4 Å². The summed E-state index contributed by atoms with van der Waals surface area (Å²) in [5.41, 5.74) is 2.88. The fourth-order valence-electron chi connectivity index (χ4n) is 4.36. The predicted molar refractivity (Wildman–Crippen MR) is 225 cm³/mol. The lowest BCUT2D eigenvalue weighted by atomic mass is 9.93. The van der Waals surface area contributed by atoms with Crippen LogP contribution >= 0.6 is 0 Å². The van der Waals surface area contributed by atoms with Crippen LogP contribution in [0.15, 0.2) is 72.8 Å². The predicted octanol–water partition coefficient (Wildman–Crippen LogP) is 2.67. The van der Waals surface area contributed by atoms with E-state index in [1.54, 1.807) is 60.7 Å². The number of esters is 6. The molecule has 27 heteroatoms. The monoisotopic (exact) mass is 982 g/mol. The Morgan fingerprint density at radius 3 is 1.75 bits per heavy atom. The quantitative estimate of drug-likeness (QED) is 0.0330. The molecule has 3 rings (SSSR count). The Kier molecular flexibility index (Phi) is 25.7. The van der Waals surface area contributed by atoms with E-state index in [9.17, 15) is 72.3 Å². The first-order chi connectivity index (χ1) is 31.2. The molecule has 0 aliphatic rings. The van der Waals surface area contributed by atoms with Crippen LogP contribution in [0.25, 0.3) is 0 Å². The number of rotatable bonds is 23. The largest absolute Gasteiger partial charge is 0.748 e. The van der Waals surface area contributed by atoms with E-state index in [0.717, 1.165) is 11.1 Å². The molecule has 67 heavy (non-hydrogen) atoms. The summed E-state index contributed by atoms with van der Waals surface area (Å²) in [5.74, 6) is -8.83. The molecule has 0 saturated heterocycles. The molecule has 0 aliphatic carbocycles. The summed E-state index contributed by atoms with van der Waals surface area (Å²) in [7, 11) is 5.93. The van der Waals surface area contributed by atoms with Gasteiger partial charge in [-0.05, 0) is 42.3 Å². The van der Waals surface area contributed by atoms with Crippen molar-refractivity contribution >= 4 is 79.6 Å². The van der Waals surface area contributed by atoms with Crippen LogP contribution in [-0.2, 0) is 82.0 Å². The van der Waals surface area contributed by atoms with Crippen LogP contribution < -0.4 is 0 Å². The van der Waals surface area contributed by atoms with Gasteiger partial charge in [-0.15, -0.1) is 0 Å². The molecule has 0 N–H and O–H groups in total. The molecule has 360 valence electrons. The third-order valence-corrected chi connectivity index (χ3v) is 9.27. The minimum Gasteiger partial charge on any atom is -0.748 e. The van der Waals surface area contributed by atoms with Gasteiger partial charge < -0.3 is 37.5 Å². The summed E-state index contributed by atoms with van der Waals surface area (Å²) in [6.45, 7) is -4.00. The Morgan fingerprint density at radius 1 is 0.582 bits per heavy atom. The van der Waals surface area contributed by atoms with Gasteiger partial charge in [-0.1, -0.05) is 72.6 Å². The average molecular weight is 982 g/mol. The number of hydrogen-bond donors (Lipinski definition) is 0. The van der Waals surface area contributed by atoms with Crippen LogP contribution in [0.3, 0.4) is 0 Å². The van der Waals surface area contributed by atoms with Crippen LogP contribution in [0.1, 0.15) is 74.0 Å². The minimum atomic E-state index is -5.96. The van der Waals surface area contributed by atoms with E-state index >= 15 is 0 Å². The molecule has 0 saturated carbocycles. The van der Waals surface area contributed by atoms with Gasteiger partial charge in [0.25, 0.3) is 5.92 Å². The second-order valence-electron chi connectivity index (χ2n) is 13.3. The summed E-state index contributed by atoms with van der Waals surface area (Å²) >= 11 is 0. The zero-order valence-electron chi connectivity index (χ0n) is 35.5. The highest BCUT2D eigenvalue weighted by atomic mass is 32.2. The number of alkyl halides is 4. The average Bonchev–Trinajstić information content (AvgIpc) is 3.27. The Balaban J connectivity index is 0.000000503. The number of benzene rings is 3. The lowest BCUT2D eigenvalue weighted by molar-refractivity contribution is -0.154. The topological polar surface area (TPSA) is 272 Å². The molecule has 0 heterocycles. The number of ether oxygens (including phenoxy) is 6. The zero-order chi connectivity index (χ0) is 50.8. The lowest BCUT2D eigenvalue weighted by Crippen LogP contribution is -2.35. The van der Waals surface area contributed by atoms with Crippen LogP contribution in [-0.4, -0.2) is 142 Å². The Morgan fingerprint density at radius 2 is 1.16 bits per heavy atom. The first kappa shape index (κ1) is 59.2. The molecule has 0 aromatic heterocycles. The second-order valence-corrected chi connectivity index (χ2v) is 16.4. The van der Waals surface area contributed by atoms with Gasteiger partial charge in [0.1, 0.15) is 13.2 Å². The zero-order valence-corrected chi connectivity index (χ0v) is 37.2. The molecule has 0 atom stereocenters. The lowest BCUT2D eigenvalue weighted by Gasteiger charge is -2.19. The maximum atomic E-state index is 12.8. The number of halogens is 4. The van der Waals surface area contributed by atoms with Crippen molar-refractivity contribution < 1.29 is 101 Å². The second kappa shape index (κ2) is 29.1.